The summed E-state index contributed by atoms with van der Waals surface area (Å²) in [5.41, 5.74) is 5.08. The summed E-state index contributed by atoms with van der Waals surface area (Å²) in [4.78, 5) is 3.79. The quantitative estimate of drug-likeness (QED) is 0.546. The van der Waals surface area contributed by atoms with Gasteiger partial charge in [0.15, 0.2) is 0 Å². The van der Waals surface area contributed by atoms with E-state index in [0.29, 0.717) is 10.8 Å². The zero-order valence-corrected chi connectivity index (χ0v) is 7.01. The summed E-state index contributed by atoms with van der Waals surface area (Å²) in [7, 11) is 0. The van der Waals surface area contributed by atoms with Crippen molar-refractivity contribution in [2.75, 3.05) is 6.61 Å². The number of aromatic nitrogens is 1. The lowest BCUT2D eigenvalue weighted by atomic mass is 10.4. The average Bonchev–Trinajstić information content (AvgIpc) is 2.01. The third-order valence-corrected chi connectivity index (χ3v) is 1.28. The number of nitrogens with zero attached hydrogens (tertiary/aromatic N) is 1. The molecule has 0 amide bonds. The molecule has 1 aromatic rings. The van der Waals surface area contributed by atoms with Gasteiger partial charge in [-0.15, -0.1) is 0 Å². The highest BCUT2D eigenvalue weighted by Gasteiger charge is 1.95. The number of amidine groups is 1. The maximum Gasteiger partial charge on any atom is 0.145 e. The molecule has 0 saturated heterocycles. The molecule has 3 N–H and O–H groups in total. The van der Waals surface area contributed by atoms with Crippen LogP contribution >= 0.6 is 11.6 Å². The van der Waals surface area contributed by atoms with E-state index < -0.39 is 0 Å². The number of pyridine rings is 1. The maximum absolute atomic E-state index is 6.90. The zero-order valence-electron chi connectivity index (χ0n) is 6.25. The SMILES string of the molecule is N=C(N)COc1cncc(Cl)c1. The van der Waals surface area contributed by atoms with Crippen molar-refractivity contribution in [2.24, 2.45) is 5.73 Å². The average molecular weight is 186 g/mol. The third kappa shape index (κ3) is 2.75. The van der Waals surface area contributed by atoms with Crippen LogP contribution in [0.25, 0.3) is 0 Å². The van der Waals surface area contributed by atoms with Crippen LogP contribution < -0.4 is 10.5 Å². The summed E-state index contributed by atoms with van der Waals surface area (Å²) in [6.45, 7) is 0.0576. The highest BCUT2D eigenvalue weighted by atomic mass is 35.5. The minimum Gasteiger partial charge on any atom is -0.484 e. The molecule has 0 saturated carbocycles. The Hall–Kier alpha value is -1.29. The number of nitrogens with two attached hydrogens (primary N) is 1. The fraction of sp³-hybridized carbons (Fsp3) is 0.143. The Morgan fingerprint density at radius 3 is 3.00 bits per heavy atom. The molecule has 4 nitrogen and oxygen atoms in total. The molecule has 1 rings (SSSR count). The molecular formula is C7H8ClN3O. The second kappa shape index (κ2) is 3.92. The molecule has 1 heterocycles. The van der Waals surface area contributed by atoms with Crippen molar-refractivity contribution in [1.29, 1.82) is 5.41 Å². The Labute approximate surface area is 74.8 Å². The minimum atomic E-state index is -0.0324. The van der Waals surface area contributed by atoms with E-state index in [1.54, 1.807) is 6.07 Å². The predicted octanol–water partition coefficient (Wildman–Crippen LogP) is 1.05. The first-order chi connectivity index (χ1) is 5.68. The van der Waals surface area contributed by atoms with Gasteiger partial charge in [0.1, 0.15) is 18.2 Å². The van der Waals surface area contributed by atoms with Crippen LogP contribution in [-0.4, -0.2) is 17.4 Å². The van der Waals surface area contributed by atoms with Crippen LogP contribution in [0.4, 0.5) is 0 Å². The van der Waals surface area contributed by atoms with Crippen LogP contribution in [0.15, 0.2) is 18.5 Å². The highest BCUT2D eigenvalue weighted by molar-refractivity contribution is 6.30. The van der Waals surface area contributed by atoms with E-state index in [9.17, 15) is 0 Å². The van der Waals surface area contributed by atoms with Crippen molar-refractivity contribution < 1.29 is 4.74 Å². The van der Waals surface area contributed by atoms with Gasteiger partial charge in [-0.25, -0.2) is 0 Å². The molecule has 1 aromatic heterocycles. The monoisotopic (exact) mass is 185 g/mol. The fourth-order valence-electron chi connectivity index (χ4n) is 0.632. The van der Waals surface area contributed by atoms with E-state index in [2.05, 4.69) is 4.98 Å². The Morgan fingerprint density at radius 2 is 2.42 bits per heavy atom. The smallest absolute Gasteiger partial charge is 0.145 e. The molecule has 0 unspecified atom stereocenters. The van der Waals surface area contributed by atoms with Crippen LogP contribution in [0.5, 0.6) is 5.75 Å². The molecule has 0 spiro atoms. The van der Waals surface area contributed by atoms with E-state index in [1.165, 1.54) is 12.4 Å². The number of hydrogen-bond acceptors (Lipinski definition) is 3. The van der Waals surface area contributed by atoms with Crippen molar-refractivity contribution in [3.05, 3.63) is 23.5 Å². The van der Waals surface area contributed by atoms with Crippen LogP contribution in [0, 0.1) is 5.41 Å². The lowest BCUT2D eigenvalue weighted by Gasteiger charge is -2.03. The lowest BCUT2D eigenvalue weighted by Crippen LogP contribution is -2.19. The number of hydrogen-bond donors (Lipinski definition) is 2. The minimum absolute atomic E-state index is 0.0324. The largest absolute Gasteiger partial charge is 0.484 e. The normalized spacial score (nSPS) is 9.42. The fourth-order valence-corrected chi connectivity index (χ4v) is 0.796. The molecule has 0 aliphatic rings. The summed E-state index contributed by atoms with van der Waals surface area (Å²) in [5.74, 6) is 0.479. The van der Waals surface area contributed by atoms with Crippen molar-refractivity contribution >= 4 is 17.4 Å². The van der Waals surface area contributed by atoms with Crippen molar-refractivity contribution in [3.63, 3.8) is 0 Å². The van der Waals surface area contributed by atoms with Gasteiger partial charge in [0.2, 0.25) is 0 Å². The second-order valence-corrected chi connectivity index (χ2v) is 2.59. The number of halogens is 1. The zero-order chi connectivity index (χ0) is 8.97. The molecule has 0 radical (unpaired) electrons. The molecule has 0 bridgehead atoms. The molecule has 0 aromatic carbocycles. The first-order valence-electron chi connectivity index (χ1n) is 3.25. The van der Waals surface area contributed by atoms with E-state index in [-0.39, 0.29) is 12.4 Å². The van der Waals surface area contributed by atoms with Crippen molar-refractivity contribution in [2.45, 2.75) is 0 Å². The molecule has 0 atom stereocenters. The second-order valence-electron chi connectivity index (χ2n) is 2.15. The summed E-state index contributed by atoms with van der Waals surface area (Å²) in [5, 5.41) is 7.39. The molecular weight excluding hydrogens is 178 g/mol. The summed E-state index contributed by atoms with van der Waals surface area (Å²) >= 11 is 5.63. The van der Waals surface area contributed by atoms with Crippen LogP contribution in [0.2, 0.25) is 5.02 Å². The maximum atomic E-state index is 6.90. The van der Waals surface area contributed by atoms with Gasteiger partial charge in [-0.3, -0.25) is 10.4 Å². The van der Waals surface area contributed by atoms with Gasteiger partial charge in [0.05, 0.1) is 11.2 Å². The molecule has 0 fully saturated rings. The van der Waals surface area contributed by atoms with E-state index >= 15 is 0 Å². The Morgan fingerprint density at radius 1 is 1.67 bits per heavy atom. The van der Waals surface area contributed by atoms with Gasteiger partial charge in [0, 0.05) is 12.3 Å². The standard InChI is InChI=1S/C7H8ClN3O/c8-5-1-6(3-11-2-5)12-4-7(9)10/h1-3H,4H2,(H3,9,10). The van der Waals surface area contributed by atoms with E-state index in [1.807, 2.05) is 0 Å². The highest BCUT2D eigenvalue weighted by Crippen LogP contribution is 2.14. The van der Waals surface area contributed by atoms with Crippen LogP contribution in [0.3, 0.4) is 0 Å². The van der Waals surface area contributed by atoms with E-state index in [4.69, 9.17) is 27.5 Å². The van der Waals surface area contributed by atoms with Gasteiger partial charge >= 0.3 is 0 Å². The van der Waals surface area contributed by atoms with Crippen LogP contribution in [0.1, 0.15) is 0 Å². The van der Waals surface area contributed by atoms with Gasteiger partial charge < -0.3 is 10.5 Å². The first-order valence-corrected chi connectivity index (χ1v) is 3.62. The number of rotatable bonds is 3. The molecule has 0 aliphatic heterocycles. The predicted molar refractivity (Wildman–Crippen MR) is 46.7 cm³/mol. The topological polar surface area (TPSA) is 72.0 Å². The third-order valence-electron chi connectivity index (χ3n) is 1.07. The summed E-state index contributed by atoms with van der Waals surface area (Å²) in [6, 6.07) is 1.61. The van der Waals surface area contributed by atoms with Gasteiger partial charge in [-0.05, 0) is 0 Å². The van der Waals surface area contributed by atoms with Gasteiger partial charge in [0.25, 0.3) is 0 Å². The summed E-state index contributed by atoms with van der Waals surface area (Å²) < 4.78 is 5.05. The Balaban J connectivity index is 2.57. The van der Waals surface area contributed by atoms with Crippen molar-refractivity contribution in [1.82, 2.24) is 4.98 Å². The number of nitrogens with one attached hydrogen (secondary N) is 1. The number of ether oxygens (including phenoxy) is 1. The van der Waals surface area contributed by atoms with Crippen LogP contribution in [-0.2, 0) is 0 Å². The first kappa shape index (κ1) is 8.80. The molecule has 64 valence electrons. The summed E-state index contributed by atoms with van der Waals surface area (Å²) in [6.07, 6.45) is 3.01. The van der Waals surface area contributed by atoms with Crippen molar-refractivity contribution in [3.8, 4) is 5.75 Å². The molecule has 0 aliphatic carbocycles. The molecule has 5 heteroatoms. The van der Waals surface area contributed by atoms with Gasteiger partial charge in [-0.2, -0.15) is 0 Å². The lowest BCUT2D eigenvalue weighted by molar-refractivity contribution is 0.373. The molecule has 12 heavy (non-hydrogen) atoms. The van der Waals surface area contributed by atoms with E-state index in [0.717, 1.165) is 0 Å². The Bertz CT molecular complexity index is 290. The Kier molecular flexibility index (Phi) is 2.88. The van der Waals surface area contributed by atoms with Gasteiger partial charge in [-0.1, -0.05) is 11.6 Å².